The summed E-state index contributed by atoms with van der Waals surface area (Å²) in [7, 11) is 0. The van der Waals surface area contributed by atoms with E-state index in [1.165, 1.54) is 6.39 Å². The molecule has 0 aliphatic heterocycles. The fourth-order valence-electron chi connectivity index (χ4n) is 1.49. The first-order valence-electron chi connectivity index (χ1n) is 5.67. The van der Waals surface area contributed by atoms with Crippen molar-refractivity contribution in [1.82, 2.24) is 15.5 Å². The van der Waals surface area contributed by atoms with Crippen molar-refractivity contribution in [2.45, 2.75) is 20.1 Å². The van der Waals surface area contributed by atoms with Gasteiger partial charge in [0.2, 0.25) is 12.2 Å². The summed E-state index contributed by atoms with van der Waals surface area (Å²) >= 11 is 6.16. The third kappa shape index (κ3) is 3.21. The van der Waals surface area contributed by atoms with Crippen molar-refractivity contribution < 1.29 is 9.26 Å². The van der Waals surface area contributed by atoms with Gasteiger partial charge in [0.15, 0.2) is 6.61 Å². The summed E-state index contributed by atoms with van der Waals surface area (Å²) in [6, 6.07) is 5.57. The van der Waals surface area contributed by atoms with Crippen molar-refractivity contribution in [2.24, 2.45) is 0 Å². The number of halogens is 1. The lowest BCUT2D eigenvalue weighted by atomic mass is 10.2. The minimum absolute atomic E-state index is 0.260. The van der Waals surface area contributed by atoms with Gasteiger partial charge in [-0.05, 0) is 18.7 Å². The molecular formula is C12H14ClN3O2. The maximum Gasteiger partial charge on any atom is 0.213 e. The summed E-state index contributed by atoms with van der Waals surface area (Å²) < 4.78 is 10.3. The second-order valence-electron chi connectivity index (χ2n) is 3.63. The van der Waals surface area contributed by atoms with E-state index in [2.05, 4.69) is 20.0 Å². The van der Waals surface area contributed by atoms with Gasteiger partial charge in [-0.3, -0.25) is 0 Å². The second kappa shape index (κ2) is 6.37. The molecule has 1 heterocycles. The number of benzene rings is 1. The Balaban J connectivity index is 2.08. The molecule has 5 nitrogen and oxygen atoms in total. The summed E-state index contributed by atoms with van der Waals surface area (Å²) in [4.78, 5) is 3.89. The lowest BCUT2D eigenvalue weighted by Gasteiger charge is -2.12. The van der Waals surface area contributed by atoms with Crippen LogP contribution in [0.15, 0.2) is 29.1 Å². The van der Waals surface area contributed by atoms with Crippen LogP contribution in [-0.2, 0) is 13.2 Å². The lowest BCUT2D eigenvalue weighted by Crippen LogP contribution is -2.13. The van der Waals surface area contributed by atoms with E-state index in [1.807, 2.05) is 25.1 Å². The Morgan fingerprint density at radius 2 is 2.33 bits per heavy atom. The summed E-state index contributed by atoms with van der Waals surface area (Å²) in [6.07, 6.45) is 1.27. The van der Waals surface area contributed by atoms with Crippen molar-refractivity contribution in [3.63, 3.8) is 0 Å². The Hall–Kier alpha value is -1.59. The average molecular weight is 268 g/mol. The van der Waals surface area contributed by atoms with E-state index in [9.17, 15) is 0 Å². The molecule has 1 N–H and O–H groups in total. The first-order valence-corrected chi connectivity index (χ1v) is 6.05. The number of aromatic nitrogens is 2. The molecule has 6 heteroatoms. The maximum absolute atomic E-state index is 6.16. The van der Waals surface area contributed by atoms with Crippen LogP contribution in [-0.4, -0.2) is 16.7 Å². The minimum Gasteiger partial charge on any atom is -0.485 e. The molecule has 0 unspecified atom stereocenters. The molecule has 1 aromatic heterocycles. The third-order valence-corrected chi connectivity index (χ3v) is 2.75. The monoisotopic (exact) mass is 267 g/mol. The smallest absolute Gasteiger partial charge is 0.213 e. The van der Waals surface area contributed by atoms with Gasteiger partial charge >= 0.3 is 0 Å². The number of nitrogens with zero attached hydrogens (tertiary/aromatic N) is 2. The number of rotatable bonds is 6. The molecule has 0 aliphatic rings. The van der Waals surface area contributed by atoms with Crippen LogP contribution in [0.2, 0.25) is 5.02 Å². The molecule has 18 heavy (non-hydrogen) atoms. The molecule has 1 aromatic carbocycles. The van der Waals surface area contributed by atoms with Crippen molar-refractivity contribution in [2.75, 3.05) is 6.54 Å². The predicted molar refractivity (Wildman–Crippen MR) is 67.5 cm³/mol. The Morgan fingerprint density at radius 1 is 1.44 bits per heavy atom. The van der Waals surface area contributed by atoms with Gasteiger partial charge in [0.05, 0.1) is 0 Å². The number of hydrogen-bond acceptors (Lipinski definition) is 5. The van der Waals surface area contributed by atoms with Gasteiger partial charge in [0, 0.05) is 17.1 Å². The third-order valence-electron chi connectivity index (χ3n) is 2.39. The highest BCUT2D eigenvalue weighted by molar-refractivity contribution is 6.31. The van der Waals surface area contributed by atoms with E-state index in [0.717, 1.165) is 17.9 Å². The lowest BCUT2D eigenvalue weighted by molar-refractivity contribution is 0.283. The zero-order valence-electron chi connectivity index (χ0n) is 10.0. The van der Waals surface area contributed by atoms with E-state index >= 15 is 0 Å². The molecule has 0 amide bonds. The van der Waals surface area contributed by atoms with Crippen molar-refractivity contribution in [1.29, 1.82) is 0 Å². The standard InChI is InChI=1S/C12H14ClN3O2/c1-2-14-6-9-10(13)4-3-5-11(9)17-7-12-15-8-18-16-12/h3-5,8,14H,2,6-7H2,1H3. The number of hydrogen-bond donors (Lipinski definition) is 1. The SMILES string of the molecule is CCNCc1c(Cl)cccc1OCc1ncon1. The van der Waals surface area contributed by atoms with Crippen molar-refractivity contribution in [3.8, 4) is 5.75 Å². The number of ether oxygens (including phenoxy) is 1. The van der Waals surface area contributed by atoms with E-state index in [1.54, 1.807) is 0 Å². The molecule has 0 fully saturated rings. The topological polar surface area (TPSA) is 60.2 Å². The van der Waals surface area contributed by atoms with Crippen LogP contribution >= 0.6 is 11.6 Å². The van der Waals surface area contributed by atoms with Crippen LogP contribution in [0, 0.1) is 0 Å². The van der Waals surface area contributed by atoms with Crippen molar-refractivity contribution >= 4 is 11.6 Å². The van der Waals surface area contributed by atoms with E-state index in [-0.39, 0.29) is 6.61 Å². The Morgan fingerprint density at radius 3 is 3.06 bits per heavy atom. The van der Waals surface area contributed by atoms with Gasteiger partial charge in [-0.15, -0.1) is 0 Å². The maximum atomic E-state index is 6.16. The largest absolute Gasteiger partial charge is 0.485 e. The van der Waals surface area contributed by atoms with E-state index in [0.29, 0.717) is 17.4 Å². The fourth-order valence-corrected chi connectivity index (χ4v) is 1.73. The van der Waals surface area contributed by atoms with Gasteiger partial charge in [-0.1, -0.05) is 29.7 Å². The Bertz CT molecular complexity index is 488. The zero-order valence-corrected chi connectivity index (χ0v) is 10.8. The van der Waals surface area contributed by atoms with Gasteiger partial charge in [-0.25, -0.2) is 0 Å². The van der Waals surface area contributed by atoms with Crippen molar-refractivity contribution in [3.05, 3.63) is 41.0 Å². The fraction of sp³-hybridized carbons (Fsp3) is 0.333. The molecular weight excluding hydrogens is 254 g/mol. The summed E-state index contributed by atoms with van der Waals surface area (Å²) in [6.45, 7) is 3.83. The normalized spacial score (nSPS) is 10.6. The quantitative estimate of drug-likeness (QED) is 0.871. The van der Waals surface area contributed by atoms with Crippen LogP contribution in [0.5, 0.6) is 5.75 Å². The molecule has 96 valence electrons. The molecule has 2 aromatic rings. The van der Waals surface area contributed by atoms with E-state index in [4.69, 9.17) is 16.3 Å². The highest BCUT2D eigenvalue weighted by Crippen LogP contribution is 2.26. The van der Waals surface area contributed by atoms with Crippen LogP contribution < -0.4 is 10.1 Å². The first-order chi connectivity index (χ1) is 8.81. The first kappa shape index (κ1) is 12.9. The molecule has 0 saturated heterocycles. The average Bonchev–Trinajstić information content (AvgIpc) is 2.88. The summed E-state index contributed by atoms with van der Waals surface area (Å²) in [5.41, 5.74) is 0.935. The molecule has 0 atom stereocenters. The molecule has 0 radical (unpaired) electrons. The van der Waals surface area contributed by atoms with Crippen LogP contribution in [0.1, 0.15) is 18.3 Å². The van der Waals surface area contributed by atoms with Gasteiger partial charge < -0.3 is 14.6 Å². The predicted octanol–water partition coefficient (Wildman–Crippen LogP) is 2.41. The Labute approximate surface area is 110 Å². The Kier molecular flexibility index (Phi) is 4.55. The van der Waals surface area contributed by atoms with E-state index < -0.39 is 0 Å². The summed E-state index contributed by atoms with van der Waals surface area (Å²) in [5, 5.41) is 7.59. The molecule has 2 rings (SSSR count). The summed E-state index contributed by atoms with van der Waals surface area (Å²) in [5.74, 6) is 1.23. The molecule has 0 spiro atoms. The highest BCUT2D eigenvalue weighted by atomic mass is 35.5. The van der Waals surface area contributed by atoms with Gasteiger partial charge in [0.1, 0.15) is 5.75 Å². The number of nitrogens with one attached hydrogen (secondary N) is 1. The molecule has 0 aliphatic carbocycles. The second-order valence-corrected chi connectivity index (χ2v) is 4.04. The van der Waals surface area contributed by atoms with Crippen LogP contribution in [0.3, 0.4) is 0 Å². The minimum atomic E-state index is 0.260. The highest BCUT2D eigenvalue weighted by Gasteiger charge is 2.09. The van der Waals surface area contributed by atoms with Crippen LogP contribution in [0.25, 0.3) is 0 Å². The van der Waals surface area contributed by atoms with Crippen LogP contribution in [0.4, 0.5) is 0 Å². The molecule has 0 bridgehead atoms. The van der Waals surface area contributed by atoms with Gasteiger partial charge in [-0.2, -0.15) is 4.98 Å². The zero-order chi connectivity index (χ0) is 12.8. The molecule has 0 saturated carbocycles. The van der Waals surface area contributed by atoms with Gasteiger partial charge in [0.25, 0.3) is 0 Å².